The molecule has 0 aliphatic heterocycles. The zero-order valence-corrected chi connectivity index (χ0v) is 16.0. The Labute approximate surface area is 161 Å². The van der Waals surface area contributed by atoms with Gasteiger partial charge in [-0.2, -0.15) is 0 Å². The van der Waals surface area contributed by atoms with Gasteiger partial charge in [0.05, 0.1) is 12.2 Å². The Hall–Kier alpha value is -2.87. The van der Waals surface area contributed by atoms with Crippen LogP contribution < -0.4 is 15.8 Å². The van der Waals surface area contributed by atoms with E-state index in [9.17, 15) is 14.4 Å². The number of nitrogens with two attached hydrogens (primary N) is 1. The molecular weight excluding hydrogens is 368 g/mol. The molecule has 1 aromatic heterocycles. The summed E-state index contributed by atoms with van der Waals surface area (Å²) in [6, 6.07) is 9.15. The van der Waals surface area contributed by atoms with Crippen LogP contribution in [0, 0.1) is 6.92 Å². The maximum atomic E-state index is 12.1. The Morgan fingerprint density at radius 1 is 1.26 bits per heavy atom. The van der Waals surface area contributed by atoms with Crippen molar-refractivity contribution in [3.8, 4) is 5.75 Å². The van der Waals surface area contributed by atoms with Crippen LogP contribution >= 0.6 is 11.3 Å². The molecule has 144 valence electrons. The SMILES string of the molecule is Cc1cccc(OCCCC(=O)O[C@@H](C)C(=O)Nc2sccc2C(N)=O)c1. The number of carbonyl (C=O) groups excluding carboxylic acids is 3. The van der Waals surface area contributed by atoms with Gasteiger partial charge in [-0.25, -0.2) is 0 Å². The second-order valence-corrected chi connectivity index (χ2v) is 6.83. The largest absolute Gasteiger partial charge is 0.494 e. The third-order valence-corrected chi connectivity index (χ3v) is 4.46. The smallest absolute Gasteiger partial charge is 0.306 e. The number of thiophene rings is 1. The molecular formula is C19H22N2O5S. The van der Waals surface area contributed by atoms with Gasteiger partial charge in [0, 0.05) is 6.42 Å². The first-order chi connectivity index (χ1) is 12.9. The van der Waals surface area contributed by atoms with Crippen molar-refractivity contribution >= 4 is 34.1 Å². The lowest BCUT2D eigenvalue weighted by molar-refractivity contribution is -0.153. The van der Waals surface area contributed by atoms with E-state index in [2.05, 4.69) is 5.32 Å². The molecule has 0 aliphatic carbocycles. The van der Waals surface area contributed by atoms with E-state index in [4.69, 9.17) is 15.2 Å². The molecule has 0 aliphatic rings. The summed E-state index contributed by atoms with van der Waals surface area (Å²) in [5.74, 6) is -0.904. The molecule has 2 aromatic rings. The summed E-state index contributed by atoms with van der Waals surface area (Å²) in [5, 5.41) is 4.52. The molecule has 0 bridgehead atoms. The summed E-state index contributed by atoms with van der Waals surface area (Å²) in [5.41, 5.74) is 6.55. The minimum absolute atomic E-state index is 0.134. The van der Waals surface area contributed by atoms with Crippen LogP contribution in [-0.4, -0.2) is 30.5 Å². The monoisotopic (exact) mass is 390 g/mol. The third kappa shape index (κ3) is 6.41. The van der Waals surface area contributed by atoms with Gasteiger partial charge >= 0.3 is 5.97 Å². The first kappa shape index (κ1) is 20.4. The van der Waals surface area contributed by atoms with E-state index in [0.29, 0.717) is 18.0 Å². The lowest BCUT2D eigenvalue weighted by Gasteiger charge is -2.13. The summed E-state index contributed by atoms with van der Waals surface area (Å²) in [6.07, 6.45) is -0.384. The van der Waals surface area contributed by atoms with E-state index in [1.165, 1.54) is 24.3 Å². The highest BCUT2D eigenvalue weighted by Gasteiger charge is 2.20. The minimum atomic E-state index is -0.988. The van der Waals surface area contributed by atoms with Crippen molar-refractivity contribution in [3.05, 3.63) is 46.8 Å². The zero-order valence-electron chi connectivity index (χ0n) is 15.2. The number of ether oxygens (including phenoxy) is 2. The second kappa shape index (κ2) is 9.72. The molecule has 8 heteroatoms. The molecule has 1 aromatic carbocycles. The van der Waals surface area contributed by atoms with Gasteiger partial charge in [-0.1, -0.05) is 12.1 Å². The number of carbonyl (C=O) groups is 3. The summed E-state index contributed by atoms with van der Waals surface area (Å²) in [7, 11) is 0. The van der Waals surface area contributed by atoms with Crippen molar-refractivity contribution in [2.75, 3.05) is 11.9 Å². The van der Waals surface area contributed by atoms with Gasteiger partial charge in [-0.3, -0.25) is 14.4 Å². The van der Waals surface area contributed by atoms with Gasteiger partial charge in [0.15, 0.2) is 6.10 Å². The lowest BCUT2D eigenvalue weighted by Crippen LogP contribution is -2.30. The molecule has 0 radical (unpaired) electrons. The van der Waals surface area contributed by atoms with Gasteiger partial charge < -0.3 is 20.5 Å². The van der Waals surface area contributed by atoms with Crippen LogP contribution in [0.4, 0.5) is 5.00 Å². The van der Waals surface area contributed by atoms with E-state index >= 15 is 0 Å². The van der Waals surface area contributed by atoms with Crippen molar-refractivity contribution in [3.63, 3.8) is 0 Å². The number of aryl methyl sites for hydroxylation is 1. The van der Waals surface area contributed by atoms with Crippen molar-refractivity contribution in [2.45, 2.75) is 32.8 Å². The second-order valence-electron chi connectivity index (χ2n) is 5.92. The Morgan fingerprint density at radius 2 is 2.04 bits per heavy atom. The summed E-state index contributed by atoms with van der Waals surface area (Å²) in [4.78, 5) is 35.2. The fraction of sp³-hybridized carbons (Fsp3) is 0.316. The first-order valence-corrected chi connectivity index (χ1v) is 9.32. The number of nitrogens with one attached hydrogen (secondary N) is 1. The van der Waals surface area contributed by atoms with Crippen LogP contribution in [0.1, 0.15) is 35.7 Å². The summed E-state index contributed by atoms with van der Waals surface area (Å²) in [6.45, 7) is 3.81. The first-order valence-electron chi connectivity index (χ1n) is 8.44. The van der Waals surface area contributed by atoms with Crippen molar-refractivity contribution in [1.82, 2.24) is 0 Å². The Morgan fingerprint density at radius 3 is 2.74 bits per heavy atom. The third-order valence-electron chi connectivity index (χ3n) is 3.63. The Kier molecular flexibility index (Phi) is 7.36. The molecule has 1 atom stereocenters. The Balaban J connectivity index is 1.72. The van der Waals surface area contributed by atoms with Gasteiger partial charge in [-0.05, 0) is 49.4 Å². The van der Waals surface area contributed by atoms with E-state index in [0.717, 1.165) is 11.3 Å². The van der Waals surface area contributed by atoms with E-state index < -0.39 is 23.9 Å². The highest BCUT2D eigenvalue weighted by molar-refractivity contribution is 7.14. The summed E-state index contributed by atoms with van der Waals surface area (Å²) < 4.78 is 10.7. The number of hydrogen-bond acceptors (Lipinski definition) is 6. The van der Waals surface area contributed by atoms with Crippen LogP contribution in [0.3, 0.4) is 0 Å². The maximum absolute atomic E-state index is 12.1. The number of rotatable bonds is 9. The van der Waals surface area contributed by atoms with E-state index in [1.54, 1.807) is 5.38 Å². The number of esters is 1. The standard InChI is InChI=1S/C19H22N2O5S/c1-12-5-3-6-14(11-12)25-9-4-7-16(22)26-13(2)18(24)21-19-15(17(20)23)8-10-27-19/h3,5-6,8,10-11,13H,4,7,9H2,1-2H3,(H2,20,23)(H,21,24)/t13-/m0/s1. The number of hydrogen-bond donors (Lipinski definition) is 2. The number of anilines is 1. The maximum Gasteiger partial charge on any atom is 0.306 e. The molecule has 0 saturated heterocycles. The fourth-order valence-electron chi connectivity index (χ4n) is 2.23. The van der Waals surface area contributed by atoms with Crippen molar-refractivity contribution in [2.24, 2.45) is 5.73 Å². The highest BCUT2D eigenvalue weighted by Crippen LogP contribution is 2.23. The predicted octanol–water partition coefficient (Wildman–Crippen LogP) is 2.88. The topological polar surface area (TPSA) is 108 Å². The molecule has 0 spiro atoms. The quantitative estimate of drug-likeness (QED) is 0.506. The van der Waals surface area contributed by atoms with Crippen LogP contribution in [0.5, 0.6) is 5.75 Å². The van der Waals surface area contributed by atoms with E-state index in [-0.39, 0.29) is 12.0 Å². The summed E-state index contributed by atoms with van der Waals surface area (Å²) >= 11 is 1.17. The van der Waals surface area contributed by atoms with Crippen LogP contribution in [0.15, 0.2) is 35.7 Å². The minimum Gasteiger partial charge on any atom is -0.494 e. The molecule has 7 nitrogen and oxygen atoms in total. The fourth-order valence-corrected chi connectivity index (χ4v) is 3.03. The van der Waals surface area contributed by atoms with E-state index in [1.807, 2.05) is 31.2 Å². The molecule has 3 N–H and O–H groups in total. The van der Waals surface area contributed by atoms with Crippen molar-refractivity contribution in [1.29, 1.82) is 0 Å². The molecule has 27 heavy (non-hydrogen) atoms. The average Bonchev–Trinajstić information content (AvgIpc) is 3.07. The Bertz CT molecular complexity index is 818. The van der Waals surface area contributed by atoms with Crippen LogP contribution in [0.25, 0.3) is 0 Å². The lowest BCUT2D eigenvalue weighted by atomic mass is 10.2. The van der Waals surface area contributed by atoms with Gasteiger partial charge in [-0.15, -0.1) is 11.3 Å². The van der Waals surface area contributed by atoms with Crippen LogP contribution in [0.2, 0.25) is 0 Å². The number of benzene rings is 1. The number of primary amides is 1. The normalized spacial score (nSPS) is 11.5. The van der Waals surface area contributed by atoms with Gasteiger partial charge in [0.1, 0.15) is 10.8 Å². The highest BCUT2D eigenvalue weighted by atomic mass is 32.1. The molecule has 2 rings (SSSR count). The van der Waals surface area contributed by atoms with Crippen molar-refractivity contribution < 1.29 is 23.9 Å². The molecule has 1 heterocycles. The zero-order chi connectivity index (χ0) is 19.8. The number of amides is 2. The van der Waals surface area contributed by atoms with Gasteiger partial charge in [0.25, 0.3) is 11.8 Å². The van der Waals surface area contributed by atoms with Crippen LogP contribution in [-0.2, 0) is 14.3 Å². The molecule has 0 fully saturated rings. The molecule has 0 unspecified atom stereocenters. The molecule has 0 saturated carbocycles. The molecule has 2 amide bonds. The van der Waals surface area contributed by atoms with Gasteiger partial charge in [0.2, 0.25) is 0 Å². The predicted molar refractivity (Wildman–Crippen MR) is 103 cm³/mol. The average molecular weight is 390 g/mol.